The molecule has 4 atom stereocenters. The highest BCUT2D eigenvalue weighted by Crippen LogP contribution is 2.44. The number of nitrogens with zero attached hydrogens (tertiary/aromatic N) is 1. The van der Waals surface area contributed by atoms with E-state index in [0.29, 0.717) is 24.0 Å². The van der Waals surface area contributed by atoms with Crippen LogP contribution >= 0.6 is 11.6 Å². The lowest BCUT2D eigenvalue weighted by Gasteiger charge is -2.45. The fourth-order valence-corrected chi connectivity index (χ4v) is 7.46. The van der Waals surface area contributed by atoms with E-state index in [2.05, 4.69) is 11.0 Å². The van der Waals surface area contributed by atoms with Gasteiger partial charge in [0.1, 0.15) is 12.4 Å². The van der Waals surface area contributed by atoms with Crippen LogP contribution in [0.25, 0.3) is 0 Å². The molecule has 2 aromatic carbocycles. The summed E-state index contributed by atoms with van der Waals surface area (Å²) in [5.74, 6) is 1.38. The highest BCUT2D eigenvalue weighted by molar-refractivity contribution is 7.85. The molecule has 0 radical (unpaired) electrons. The summed E-state index contributed by atoms with van der Waals surface area (Å²) in [6.45, 7) is 2.33. The number of carbonyl (C=O) groups excluding carboxylic acids is 1. The molecule has 2 aromatic rings. The van der Waals surface area contributed by atoms with Gasteiger partial charge in [-0.15, -0.1) is 0 Å². The SMILES string of the molecule is COC(=O)c1ccc2c(c1)N(C[C@@H]1CC[C@H]1[C@H](OC)C1=CCC(COS(C)(=O)=O)CC1)CCCCc1cc(Cl)ccc1CO2. The Bertz CT molecular complexity index is 1460. The summed E-state index contributed by atoms with van der Waals surface area (Å²) in [4.78, 5) is 14.9. The van der Waals surface area contributed by atoms with Crippen molar-refractivity contribution in [1.82, 2.24) is 0 Å². The van der Waals surface area contributed by atoms with Crippen LogP contribution in [0.2, 0.25) is 5.02 Å². The van der Waals surface area contributed by atoms with Gasteiger partial charge in [0.05, 0.1) is 37.3 Å². The Kier molecular flexibility index (Phi) is 10.9. The fraction of sp³-hybridized carbons (Fsp3) is 0.559. The average molecular weight is 646 g/mol. The van der Waals surface area contributed by atoms with Crippen molar-refractivity contribution in [3.63, 3.8) is 0 Å². The van der Waals surface area contributed by atoms with Crippen molar-refractivity contribution in [2.45, 2.75) is 64.1 Å². The molecular weight excluding hydrogens is 602 g/mol. The van der Waals surface area contributed by atoms with Gasteiger partial charge in [-0.1, -0.05) is 23.7 Å². The number of anilines is 1. The van der Waals surface area contributed by atoms with Crippen molar-refractivity contribution in [2.75, 3.05) is 45.1 Å². The van der Waals surface area contributed by atoms with Gasteiger partial charge in [0.25, 0.3) is 10.1 Å². The third kappa shape index (κ3) is 8.16. The first-order valence-corrected chi connectivity index (χ1v) is 17.8. The maximum atomic E-state index is 12.5. The number of ether oxygens (including phenoxy) is 3. The number of carbonyl (C=O) groups is 1. The largest absolute Gasteiger partial charge is 0.487 e. The van der Waals surface area contributed by atoms with E-state index in [9.17, 15) is 13.2 Å². The minimum Gasteiger partial charge on any atom is -0.487 e. The Morgan fingerprint density at radius 1 is 1.07 bits per heavy atom. The Morgan fingerprint density at radius 2 is 1.91 bits per heavy atom. The molecule has 2 aliphatic carbocycles. The van der Waals surface area contributed by atoms with E-state index in [4.69, 9.17) is 30.0 Å². The van der Waals surface area contributed by atoms with Gasteiger partial charge >= 0.3 is 5.97 Å². The van der Waals surface area contributed by atoms with Crippen LogP contribution in [0.3, 0.4) is 0 Å². The summed E-state index contributed by atoms with van der Waals surface area (Å²) >= 11 is 6.33. The zero-order chi connectivity index (χ0) is 31.3. The molecule has 1 unspecified atom stereocenters. The Hall–Kier alpha value is -2.59. The van der Waals surface area contributed by atoms with Gasteiger partial charge in [0.2, 0.25) is 0 Å². The third-order valence-corrected chi connectivity index (χ3v) is 10.2. The molecule has 8 nitrogen and oxygen atoms in total. The summed E-state index contributed by atoms with van der Waals surface area (Å²) in [7, 11) is -0.238. The molecule has 1 heterocycles. The molecule has 5 rings (SSSR count). The lowest BCUT2D eigenvalue weighted by Crippen LogP contribution is -2.45. The molecule has 0 spiro atoms. The quantitative estimate of drug-likeness (QED) is 0.171. The summed E-state index contributed by atoms with van der Waals surface area (Å²) < 4.78 is 45.5. The number of esters is 1. The molecule has 3 aliphatic rings. The fourth-order valence-electron chi connectivity index (χ4n) is 6.83. The summed E-state index contributed by atoms with van der Waals surface area (Å²) in [5, 5.41) is 0.734. The Balaban J connectivity index is 1.34. The van der Waals surface area contributed by atoms with Gasteiger partial charge in [-0.3, -0.25) is 4.18 Å². The van der Waals surface area contributed by atoms with E-state index in [-0.39, 0.29) is 24.6 Å². The topological polar surface area (TPSA) is 91.4 Å². The zero-order valence-corrected chi connectivity index (χ0v) is 27.5. The van der Waals surface area contributed by atoms with Crippen LogP contribution in [-0.4, -0.2) is 60.7 Å². The lowest BCUT2D eigenvalue weighted by atomic mass is 9.67. The molecule has 240 valence electrons. The standard InChI is InChI=1S/C34H44ClNO7S/c1-40-33(24-9-7-23(8-10-24)21-43-44(3,38)39)30-15-12-27(30)20-36-17-5-4-6-25-18-29(35)14-11-28(25)22-42-32-16-13-26(19-31(32)36)34(37)41-2/h9,11,13-14,16,18-19,23,27,30,33H,4-8,10,12,15,17,20-22H2,1-3H3/t23?,27-,30+,33+/m0/s1. The van der Waals surface area contributed by atoms with Crippen molar-refractivity contribution in [2.24, 2.45) is 17.8 Å². The molecule has 10 heteroatoms. The molecule has 0 aromatic heterocycles. The third-order valence-electron chi connectivity index (χ3n) is 9.41. The number of hydrogen-bond acceptors (Lipinski definition) is 8. The van der Waals surface area contributed by atoms with Gasteiger partial charge in [0.15, 0.2) is 0 Å². The number of methoxy groups -OCH3 is 2. The van der Waals surface area contributed by atoms with Gasteiger partial charge in [-0.25, -0.2) is 4.79 Å². The lowest BCUT2D eigenvalue weighted by molar-refractivity contribution is 0.00309. The number of aryl methyl sites for hydroxylation is 1. The van der Waals surface area contributed by atoms with Gasteiger partial charge in [0, 0.05) is 25.2 Å². The summed E-state index contributed by atoms with van der Waals surface area (Å²) in [6.07, 6.45) is 11.1. The zero-order valence-electron chi connectivity index (χ0n) is 25.9. The van der Waals surface area contributed by atoms with E-state index < -0.39 is 10.1 Å². The number of hydrogen-bond donors (Lipinski definition) is 0. The second-order valence-electron chi connectivity index (χ2n) is 12.3. The summed E-state index contributed by atoms with van der Waals surface area (Å²) in [6, 6.07) is 11.6. The number of halogens is 1. The predicted octanol–water partition coefficient (Wildman–Crippen LogP) is 6.59. The number of fused-ring (bicyclic) bond motifs is 2. The number of rotatable bonds is 9. The van der Waals surface area contributed by atoms with Crippen molar-refractivity contribution in [3.8, 4) is 5.75 Å². The minimum atomic E-state index is -3.43. The van der Waals surface area contributed by atoms with Gasteiger partial charge in [-0.2, -0.15) is 8.42 Å². The Morgan fingerprint density at radius 3 is 2.59 bits per heavy atom. The summed E-state index contributed by atoms with van der Waals surface area (Å²) in [5.41, 5.74) is 5.06. The van der Waals surface area contributed by atoms with Crippen LogP contribution < -0.4 is 9.64 Å². The average Bonchev–Trinajstić information content (AvgIpc) is 3.03. The molecule has 1 saturated carbocycles. The second-order valence-corrected chi connectivity index (χ2v) is 14.4. The van der Waals surface area contributed by atoms with Crippen molar-refractivity contribution >= 4 is 33.4 Å². The maximum Gasteiger partial charge on any atom is 0.337 e. The van der Waals surface area contributed by atoms with Crippen LogP contribution in [0, 0.1) is 17.8 Å². The minimum absolute atomic E-state index is 0.0332. The number of allylic oxidation sites excluding steroid dienone is 1. The van der Waals surface area contributed by atoms with E-state index in [1.807, 2.05) is 30.3 Å². The molecule has 1 aliphatic heterocycles. The van der Waals surface area contributed by atoms with E-state index in [0.717, 1.165) is 92.7 Å². The monoisotopic (exact) mass is 645 g/mol. The molecule has 0 amide bonds. The van der Waals surface area contributed by atoms with Crippen molar-refractivity contribution in [1.29, 1.82) is 0 Å². The van der Waals surface area contributed by atoms with Gasteiger partial charge in [-0.05, 0) is 116 Å². The van der Waals surface area contributed by atoms with Gasteiger partial charge < -0.3 is 19.1 Å². The number of benzene rings is 2. The molecule has 0 bridgehead atoms. The van der Waals surface area contributed by atoms with Crippen LogP contribution in [0.4, 0.5) is 5.69 Å². The second kappa shape index (κ2) is 14.7. The smallest absolute Gasteiger partial charge is 0.337 e. The first kappa shape index (κ1) is 32.8. The molecule has 44 heavy (non-hydrogen) atoms. The first-order chi connectivity index (χ1) is 21.1. The first-order valence-electron chi connectivity index (χ1n) is 15.6. The molecule has 1 fully saturated rings. The normalized spacial score (nSPS) is 23.1. The van der Waals surface area contributed by atoms with E-state index >= 15 is 0 Å². The molecular formula is C34H44ClNO7S. The van der Waals surface area contributed by atoms with Crippen molar-refractivity contribution in [3.05, 3.63) is 69.8 Å². The molecule has 0 saturated heterocycles. The van der Waals surface area contributed by atoms with E-state index in [1.54, 1.807) is 13.2 Å². The van der Waals surface area contributed by atoms with Crippen LogP contribution in [-0.2, 0) is 36.8 Å². The highest BCUT2D eigenvalue weighted by atomic mass is 35.5. The van der Waals surface area contributed by atoms with Crippen LogP contribution in [0.1, 0.15) is 66.4 Å². The van der Waals surface area contributed by atoms with Crippen LogP contribution in [0.15, 0.2) is 48.0 Å². The predicted molar refractivity (Wildman–Crippen MR) is 172 cm³/mol. The van der Waals surface area contributed by atoms with E-state index in [1.165, 1.54) is 18.2 Å². The van der Waals surface area contributed by atoms with Crippen LogP contribution in [0.5, 0.6) is 5.75 Å². The Labute approximate surface area is 266 Å². The van der Waals surface area contributed by atoms with Crippen molar-refractivity contribution < 1.29 is 31.6 Å². The maximum absolute atomic E-state index is 12.5. The highest BCUT2D eigenvalue weighted by Gasteiger charge is 2.40. The molecule has 0 N–H and O–H groups in total.